The molecule has 27 heavy (non-hydrogen) atoms. The number of anilines is 1. The molecule has 142 valence electrons. The number of fused-ring (bicyclic) bond motifs is 1. The predicted octanol–water partition coefficient (Wildman–Crippen LogP) is 4.41. The van der Waals surface area contributed by atoms with Gasteiger partial charge in [0.05, 0.1) is 5.69 Å². The van der Waals surface area contributed by atoms with E-state index in [0.29, 0.717) is 24.6 Å². The van der Waals surface area contributed by atoms with E-state index in [1.807, 2.05) is 43.3 Å². The van der Waals surface area contributed by atoms with Gasteiger partial charge in [-0.05, 0) is 60.2 Å². The van der Waals surface area contributed by atoms with Gasteiger partial charge in [-0.25, -0.2) is 0 Å². The molecule has 4 nitrogen and oxygen atoms in total. The number of ether oxygens (including phenoxy) is 1. The SMILES string of the molecule is Cc1ccc2c(c1)N(CCCN)C(=O)/C(=C\c1ccc(C(C)(C)C)cc1)O2. The molecule has 1 amide bonds. The average Bonchev–Trinajstić information content (AvgIpc) is 2.62. The van der Waals surface area contributed by atoms with E-state index in [0.717, 1.165) is 23.2 Å². The quantitative estimate of drug-likeness (QED) is 0.818. The predicted molar refractivity (Wildman–Crippen MR) is 111 cm³/mol. The van der Waals surface area contributed by atoms with Gasteiger partial charge in [-0.2, -0.15) is 0 Å². The van der Waals surface area contributed by atoms with Crippen LogP contribution in [0.1, 0.15) is 43.9 Å². The molecule has 2 aromatic rings. The van der Waals surface area contributed by atoms with E-state index in [-0.39, 0.29) is 11.3 Å². The summed E-state index contributed by atoms with van der Waals surface area (Å²) in [5.74, 6) is 0.920. The van der Waals surface area contributed by atoms with Crippen LogP contribution in [-0.4, -0.2) is 19.0 Å². The summed E-state index contributed by atoms with van der Waals surface area (Å²) < 4.78 is 5.95. The topological polar surface area (TPSA) is 55.6 Å². The van der Waals surface area contributed by atoms with Gasteiger partial charge in [0.25, 0.3) is 5.91 Å². The molecule has 0 radical (unpaired) electrons. The number of nitrogens with zero attached hydrogens (tertiary/aromatic N) is 1. The second-order valence-corrected chi connectivity index (χ2v) is 8.05. The van der Waals surface area contributed by atoms with Gasteiger partial charge in [0, 0.05) is 6.54 Å². The van der Waals surface area contributed by atoms with Crippen LogP contribution in [0.2, 0.25) is 0 Å². The van der Waals surface area contributed by atoms with Gasteiger partial charge in [-0.1, -0.05) is 51.1 Å². The number of nitrogens with two attached hydrogens (primary N) is 1. The third kappa shape index (κ3) is 4.22. The van der Waals surface area contributed by atoms with Crippen LogP contribution in [-0.2, 0) is 10.2 Å². The lowest BCUT2D eigenvalue weighted by Gasteiger charge is -2.31. The summed E-state index contributed by atoms with van der Waals surface area (Å²) in [6, 6.07) is 14.2. The maximum Gasteiger partial charge on any atom is 0.294 e. The van der Waals surface area contributed by atoms with Crippen LogP contribution in [0.4, 0.5) is 5.69 Å². The minimum absolute atomic E-state index is 0.0959. The van der Waals surface area contributed by atoms with Crippen molar-refractivity contribution < 1.29 is 9.53 Å². The molecule has 0 aliphatic carbocycles. The van der Waals surface area contributed by atoms with Crippen LogP contribution >= 0.6 is 0 Å². The molecular formula is C23H28N2O2. The molecule has 1 aliphatic rings. The molecule has 2 aromatic carbocycles. The lowest BCUT2D eigenvalue weighted by Crippen LogP contribution is -2.38. The zero-order valence-electron chi connectivity index (χ0n) is 16.6. The highest BCUT2D eigenvalue weighted by atomic mass is 16.5. The first kappa shape index (κ1) is 19.2. The van der Waals surface area contributed by atoms with E-state index in [2.05, 4.69) is 32.9 Å². The number of rotatable bonds is 4. The van der Waals surface area contributed by atoms with Crippen molar-refractivity contribution in [2.75, 3.05) is 18.0 Å². The third-order valence-electron chi connectivity index (χ3n) is 4.74. The molecule has 0 fully saturated rings. The summed E-state index contributed by atoms with van der Waals surface area (Å²) in [5, 5.41) is 0. The minimum atomic E-state index is -0.124. The monoisotopic (exact) mass is 364 g/mol. The molecule has 2 N–H and O–H groups in total. The summed E-state index contributed by atoms with van der Waals surface area (Å²) in [4.78, 5) is 14.8. The second-order valence-electron chi connectivity index (χ2n) is 8.05. The molecule has 0 aromatic heterocycles. The molecule has 0 saturated carbocycles. The number of aryl methyl sites for hydroxylation is 1. The second kappa shape index (κ2) is 7.57. The third-order valence-corrected chi connectivity index (χ3v) is 4.74. The van der Waals surface area contributed by atoms with Crippen LogP contribution in [0.25, 0.3) is 6.08 Å². The number of carbonyl (C=O) groups is 1. The Morgan fingerprint density at radius 1 is 1.11 bits per heavy atom. The van der Waals surface area contributed by atoms with Gasteiger partial charge >= 0.3 is 0 Å². The molecule has 4 heteroatoms. The Kier molecular flexibility index (Phi) is 5.38. The first-order valence-electron chi connectivity index (χ1n) is 9.42. The molecule has 0 spiro atoms. The van der Waals surface area contributed by atoms with Gasteiger partial charge in [-0.3, -0.25) is 4.79 Å². The van der Waals surface area contributed by atoms with Crippen molar-refractivity contribution >= 4 is 17.7 Å². The summed E-state index contributed by atoms with van der Waals surface area (Å²) in [5.41, 5.74) is 9.87. The van der Waals surface area contributed by atoms with Gasteiger partial charge < -0.3 is 15.4 Å². The lowest BCUT2D eigenvalue weighted by molar-refractivity contribution is -0.117. The smallest absolute Gasteiger partial charge is 0.294 e. The molecule has 1 aliphatic heterocycles. The van der Waals surface area contributed by atoms with E-state index < -0.39 is 0 Å². The summed E-state index contributed by atoms with van der Waals surface area (Å²) in [6.45, 7) is 9.68. The van der Waals surface area contributed by atoms with E-state index in [4.69, 9.17) is 10.5 Å². The number of hydrogen-bond acceptors (Lipinski definition) is 3. The lowest BCUT2D eigenvalue weighted by atomic mass is 9.87. The van der Waals surface area contributed by atoms with Gasteiger partial charge in [0.15, 0.2) is 11.5 Å². The zero-order valence-corrected chi connectivity index (χ0v) is 16.6. The minimum Gasteiger partial charge on any atom is -0.449 e. The highest BCUT2D eigenvalue weighted by molar-refractivity contribution is 6.09. The normalized spacial score (nSPS) is 15.7. The highest BCUT2D eigenvalue weighted by Crippen LogP contribution is 2.36. The largest absolute Gasteiger partial charge is 0.449 e. The Morgan fingerprint density at radius 3 is 2.44 bits per heavy atom. The van der Waals surface area contributed by atoms with E-state index in [1.54, 1.807) is 4.90 Å². The fraction of sp³-hybridized carbons (Fsp3) is 0.348. The van der Waals surface area contributed by atoms with Crippen LogP contribution in [0.15, 0.2) is 48.2 Å². The molecule has 0 bridgehead atoms. The van der Waals surface area contributed by atoms with Gasteiger partial charge in [0.2, 0.25) is 0 Å². The molecule has 0 atom stereocenters. The maximum atomic E-state index is 13.0. The number of benzene rings is 2. The Morgan fingerprint density at radius 2 is 1.81 bits per heavy atom. The van der Waals surface area contributed by atoms with Crippen molar-refractivity contribution in [1.29, 1.82) is 0 Å². The first-order chi connectivity index (χ1) is 12.8. The van der Waals surface area contributed by atoms with Crippen molar-refractivity contribution in [3.63, 3.8) is 0 Å². The van der Waals surface area contributed by atoms with Crippen molar-refractivity contribution in [3.8, 4) is 5.75 Å². The number of carbonyl (C=O) groups excluding carboxylic acids is 1. The highest BCUT2D eigenvalue weighted by Gasteiger charge is 2.30. The van der Waals surface area contributed by atoms with Crippen molar-refractivity contribution in [2.45, 2.75) is 39.5 Å². The van der Waals surface area contributed by atoms with Crippen LogP contribution in [0.5, 0.6) is 5.75 Å². The van der Waals surface area contributed by atoms with Crippen LogP contribution < -0.4 is 15.4 Å². The Labute approximate surface area is 161 Å². The molecule has 3 rings (SSSR count). The molecule has 0 unspecified atom stereocenters. The van der Waals surface area contributed by atoms with Crippen molar-refractivity contribution in [2.24, 2.45) is 5.73 Å². The number of amides is 1. The first-order valence-corrected chi connectivity index (χ1v) is 9.42. The molecule has 1 heterocycles. The summed E-state index contributed by atoms with van der Waals surface area (Å²) in [6.07, 6.45) is 2.56. The molecule has 0 saturated heterocycles. The van der Waals surface area contributed by atoms with Crippen LogP contribution in [0.3, 0.4) is 0 Å². The van der Waals surface area contributed by atoms with Crippen molar-refractivity contribution in [3.05, 3.63) is 64.9 Å². The maximum absolute atomic E-state index is 13.0. The van der Waals surface area contributed by atoms with E-state index in [1.165, 1.54) is 5.56 Å². The molecular weight excluding hydrogens is 336 g/mol. The van der Waals surface area contributed by atoms with Crippen molar-refractivity contribution in [1.82, 2.24) is 0 Å². The fourth-order valence-electron chi connectivity index (χ4n) is 3.12. The van der Waals surface area contributed by atoms with E-state index >= 15 is 0 Å². The van der Waals surface area contributed by atoms with Crippen LogP contribution in [0, 0.1) is 6.92 Å². The fourth-order valence-corrected chi connectivity index (χ4v) is 3.12. The van der Waals surface area contributed by atoms with Gasteiger partial charge in [0.1, 0.15) is 0 Å². The number of hydrogen-bond donors (Lipinski definition) is 1. The zero-order chi connectivity index (χ0) is 19.6. The summed E-state index contributed by atoms with van der Waals surface area (Å²) in [7, 11) is 0. The average molecular weight is 364 g/mol. The standard InChI is InChI=1S/C23H28N2O2/c1-16-6-11-20-19(14-16)25(13-5-12-24)22(26)21(27-20)15-17-7-9-18(10-8-17)23(2,3)4/h6-11,14-15H,5,12-13,24H2,1-4H3/b21-15+. The van der Waals surface area contributed by atoms with E-state index in [9.17, 15) is 4.79 Å². The Bertz CT molecular complexity index is 861. The van der Waals surface area contributed by atoms with Gasteiger partial charge in [-0.15, -0.1) is 0 Å². The Balaban J connectivity index is 1.95. The Hall–Kier alpha value is -2.59. The summed E-state index contributed by atoms with van der Waals surface area (Å²) >= 11 is 0.